The Balaban J connectivity index is 1.40. The molecule has 30 heavy (non-hydrogen) atoms. The molecule has 1 saturated carbocycles. The molecule has 1 N–H and O–H groups in total. The molecule has 0 saturated heterocycles. The molecule has 6 rings (SSSR count). The molecule has 0 atom stereocenters. The number of pyridine rings is 1. The van der Waals surface area contributed by atoms with Crippen molar-refractivity contribution in [3.63, 3.8) is 0 Å². The van der Waals surface area contributed by atoms with Gasteiger partial charge in [-0.15, -0.1) is 11.3 Å². The second kappa shape index (κ2) is 6.64. The summed E-state index contributed by atoms with van der Waals surface area (Å²) in [6, 6.07) is 15.4. The van der Waals surface area contributed by atoms with Gasteiger partial charge >= 0.3 is 0 Å². The van der Waals surface area contributed by atoms with E-state index >= 15 is 0 Å². The molecule has 0 unspecified atom stereocenters. The minimum absolute atomic E-state index is 0.0696. The largest absolute Gasteiger partial charge is 0.368 e. The first-order valence-corrected chi connectivity index (χ1v) is 11.7. The van der Waals surface area contributed by atoms with Crippen LogP contribution in [0, 0.1) is 0 Å². The molecule has 1 fully saturated rings. The molecule has 0 amide bonds. The fraction of sp³-hybridized carbons (Fsp3) is 0.400. The Labute approximate surface area is 180 Å². The van der Waals surface area contributed by atoms with Crippen LogP contribution in [0.4, 0.5) is 0 Å². The molecule has 1 spiro atoms. The Hall–Kier alpha value is -2.21. The van der Waals surface area contributed by atoms with Gasteiger partial charge < -0.3 is 9.72 Å². The van der Waals surface area contributed by atoms with Crippen LogP contribution in [0.3, 0.4) is 0 Å². The van der Waals surface area contributed by atoms with E-state index in [0.717, 1.165) is 44.4 Å². The molecule has 2 aliphatic rings. The Morgan fingerprint density at radius 1 is 1.07 bits per heavy atom. The topological polar surface area (TPSA) is 41.1 Å². The second-order valence-corrected chi connectivity index (χ2v) is 10.1. The zero-order chi connectivity index (χ0) is 20.3. The molecule has 0 radical (unpaired) electrons. The Kier molecular flexibility index (Phi) is 4.11. The summed E-state index contributed by atoms with van der Waals surface area (Å²) in [6.07, 6.45) is 7.08. The zero-order valence-electron chi connectivity index (χ0n) is 17.6. The van der Waals surface area contributed by atoms with Gasteiger partial charge in [-0.25, -0.2) is 4.98 Å². The lowest BCUT2D eigenvalue weighted by Gasteiger charge is -2.50. The molecular formula is C25H27N3OS. The highest BCUT2D eigenvalue weighted by Gasteiger charge is 2.49. The van der Waals surface area contributed by atoms with E-state index in [-0.39, 0.29) is 11.1 Å². The van der Waals surface area contributed by atoms with Gasteiger partial charge in [0.25, 0.3) is 0 Å². The molecular weight excluding hydrogens is 390 g/mol. The number of ether oxygens (including phenoxy) is 1. The fourth-order valence-corrected chi connectivity index (χ4v) is 7.12. The van der Waals surface area contributed by atoms with Crippen LogP contribution < -0.4 is 0 Å². The van der Waals surface area contributed by atoms with E-state index in [0.29, 0.717) is 0 Å². The van der Waals surface area contributed by atoms with Crippen molar-refractivity contribution in [2.24, 2.45) is 0 Å². The van der Waals surface area contributed by atoms with Crippen molar-refractivity contribution in [2.75, 3.05) is 20.7 Å². The number of aromatic nitrogens is 2. The third kappa shape index (κ3) is 2.55. The van der Waals surface area contributed by atoms with Crippen LogP contribution in [0.2, 0.25) is 0 Å². The molecule has 154 valence electrons. The van der Waals surface area contributed by atoms with Crippen LogP contribution in [0.5, 0.6) is 0 Å². The Morgan fingerprint density at radius 3 is 2.70 bits per heavy atom. The molecule has 4 aromatic rings. The number of nitrogens with one attached hydrogen (secondary N) is 1. The van der Waals surface area contributed by atoms with Gasteiger partial charge in [0.05, 0.1) is 17.8 Å². The standard InChI is InChI=1S/C25H27N3OS/c1-28(2)24(21-16-17-6-3-4-8-20(17)30-21)10-12-25(13-11-24)22-18(9-15-29-25)19-7-5-14-26-23(19)27-22/h3-8,14,16H,9-13,15H2,1-2H3,(H,26,27). The minimum Gasteiger partial charge on any atom is -0.368 e. The normalized spacial score (nSPS) is 26.6. The maximum atomic E-state index is 6.56. The number of fused-ring (bicyclic) bond motifs is 5. The predicted octanol–water partition coefficient (Wildman–Crippen LogP) is 5.58. The van der Waals surface area contributed by atoms with E-state index in [1.54, 1.807) is 0 Å². The van der Waals surface area contributed by atoms with E-state index in [4.69, 9.17) is 4.74 Å². The molecule has 0 bridgehead atoms. The fourth-order valence-electron chi connectivity index (χ4n) is 5.73. The maximum absolute atomic E-state index is 6.56. The molecule has 4 nitrogen and oxygen atoms in total. The number of nitrogens with zero attached hydrogens (tertiary/aromatic N) is 2. The van der Waals surface area contributed by atoms with E-state index in [1.807, 2.05) is 23.6 Å². The SMILES string of the molecule is CN(C)C1(c2cc3ccccc3s2)CCC2(CC1)OCCc1c2[nH]c2ncccc12. The van der Waals surface area contributed by atoms with Gasteiger partial charge in [0.2, 0.25) is 0 Å². The summed E-state index contributed by atoms with van der Waals surface area (Å²) in [7, 11) is 4.48. The average molecular weight is 418 g/mol. The smallest absolute Gasteiger partial charge is 0.137 e. The van der Waals surface area contributed by atoms with Crippen molar-refractivity contribution < 1.29 is 4.74 Å². The van der Waals surface area contributed by atoms with E-state index < -0.39 is 0 Å². The summed E-state index contributed by atoms with van der Waals surface area (Å²) in [5.41, 5.74) is 3.57. The number of thiophene rings is 1. The maximum Gasteiger partial charge on any atom is 0.137 e. The highest BCUT2D eigenvalue weighted by atomic mass is 32.1. The van der Waals surface area contributed by atoms with Crippen LogP contribution in [0.15, 0.2) is 48.7 Å². The molecule has 5 heteroatoms. The van der Waals surface area contributed by atoms with Gasteiger partial charge in [-0.2, -0.15) is 0 Å². The van der Waals surface area contributed by atoms with Crippen molar-refractivity contribution in [2.45, 2.75) is 43.2 Å². The van der Waals surface area contributed by atoms with Crippen molar-refractivity contribution in [1.29, 1.82) is 0 Å². The molecule has 3 aromatic heterocycles. The molecule has 1 aliphatic carbocycles. The first-order chi connectivity index (χ1) is 14.6. The summed E-state index contributed by atoms with van der Waals surface area (Å²) >= 11 is 1.96. The summed E-state index contributed by atoms with van der Waals surface area (Å²) in [5.74, 6) is 0. The third-order valence-corrected chi connectivity index (χ3v) is 8.80. The van der Waals surface area contributed by atoms with E-state index in [2.05, 4.69) is 65.4 Å². The number of hydrogen-bond acceptors (Lipinski definition) is 4. The van der Waals surface area contributed by atoms with Crippen LogP contribution in [-0.4, -0.2) is 35.6 Å². The predicted molar refractivity (Wildman–Crippen MR) is 123 cm³/mol. The summed E-state index contributed by atoms with van der Waals surface area (Å²) in [4.78, 5) is 12.2. The Morgan fingerprint density at radius 2 is 1.90 bits per heavy atom. The van der Waals surface area contributed by atoms with E-state index in [9.17, 15) is 0 Å². The van der Waals surface area contributed by atoms with Gasteiger partial charge in [0.15, 0.2) is 0 Å². The van der Waals surface area contributed by atoms with E-state index in [1.165, 1.54) is 31.6 Å². The highest BCUT2D eigenvalue weighted by molar-refractivity contribution is 7.19. The number of rotatable bonds is 2. The van der Waals surface area contributed by atoms with Gasteiger partial charge in [-0.05, 0) is 81.4 Å². The van der Waals surface area contributed by atoms with Gasteiger partial charge in [0.1, 0.15) is 11.2 Å². The molecule has 1 aliphatic heterocycles. The van der Waals surface area contributed by atoms with Crippen LogP contribution in [0.25, 0.3) is 21.1 Å². The van der Waals surface area contributed by atoms with Gasteiger partial charge in [0, 0.05) is 21.2 Å². The van der Waals surface area contributed by atoms with Crippen LogP contribution >= 0.6 is 11.3 Å². The van der Waals surface area contributed by atoms with Crippen molar-refractivity contribution in [3.8, 4) is 0 Å². The average Bonchev–Trinajstić information content (AvgIpc) is 3.37. The van der Waals surface area contributed by atoms with Crippen molar-refractivity contribution in [1.82, 2.24) is 14.9 Å². The minimum atomic E-state index is -0.204. The van der Waals surface area contributed by atoms with Gasteiger partial charge in [-0.3, -0.25) is 4.90 Å². The number of hydrogen-bond donors (Lipinski definition) is 1. The summed E-state index contributed by atoms with van der Waals surface area (Å²) < 4.78 is 7.94. The van der Waals surface area contributed by atoms with Crippen molar-refractivity contribution >= 4 is 32.5 Å². The monoisotopic (exact) mass is 417 g/mol. The highest BCUT2D eigenvalue weighted by Crippen LogP contribution is 2.53. The van der Waals surface area contributed by atoms with Crippen LogP contribution in [0.1, 0.15) is 41.8 Å². The van der Waals surface area contributed by atoms with Crippen molar-refractivity contribution in [3.05, 3.63) is 64.8 Å². The second-order valence-electron chi connectivity index (χ2n) is 9.05. The summed E-state index contributed by atoms with van der Waals surface area (Å²) in [5, 5.41) is 2.63. The zero-order valence-corrected chi connectivity index (χ0v) is 18.4. The third-order valence-electron chi connectivity index (χ3n) is 7.49. The number of aromatic amines is 1. The lowest BCUT2D eigenvalue weighted by atomic mass is 9.70. The lowest BCUT2D eigenvalue weighted by molar-refractivity contribution is -0.112. The van der Waals surface area contributed by atoms with Gasteiger partial charge in [-0.1, -0.05) is 18.2 Å². The molecule has 4 heterocycles. The Bertz CT molecular complexity index is 1200. The first-order valence-electron chi connectivity index (χ1n) is 10.9. The summed E-state index contributed by atoms with van der Waals surface area (Å²) in [6.45, 7) is 0.798. The quantitative estimate of drug-likeness (QED) is 0.463. The molecule has 1 aromatic carbocycles. The number of benzene rings is 1. The number of H-pyrrole nitrogens is 1. The first kappa shape index (κ1) is 18.6. The lowest BCUT2D eigenvalue weighted by Crippen LogP contribution is -2.49. The van der Waals surface area contributed by atoms with Crippen LogP contribution in [-0.2, 0) is 22.3 Å².